The number of rotatable bonds is 3. The number of nitrogens with two attached hydrogens (primary N) is 1. The van der Waals surface area contributed by atoms with Gasteiger partial charge in [0.2, 0.25) is 5.91 Å². The van der Waals surface area contributed by atoms with Crippen molar-refractivity contribution in [3.8, 4) is 0 Å². The maximum Gasteiger partial charge on any atom is 0.410 e. The molecule has 2 amide bonds. The summed E-state index contributed by atoms with van der Waals surface area (Å²) in [6, 6.07) is 4.98. The van der Waals surface area contributed by atoms with Crippen LogP contribution in [0.1, 0.15) is 44.0 Å². The number of anilines is 1. The number of likely N-dealkylation sites (tertiary alicyclic amines) is 1. The lowest BCUT2D eigenvalue weighted by Crippen LogP contribution is -2.47. The molecule has 1 aliphatic rings. The molecule has 1 aliphatic heterocycles. The van der Waals surface area contributed by atoms with E-state index in [2.05, 4.69) is 5.32 Å². The topological polar surface area (TPSA) is 84.7 Å². The van der Waals surface area contributed by atoms with Gasteiger partial charge in [-0.2, -0.15) is 0 Å². The van der Waals surface area contributed by atoms with E-state index in [0.717, 1.165) is 18.5 Å². The number of carbonyl (C=O) groups is 2. The highest BCUT2D eigenvalue weighted by Gasteiger charge is 2.27. The van der Waals surface area contributed by atoms with Crippen LogP contribution in [0.2, 0.25) is 5.02 Å². The number of benzene rings is 1. The molecule has 0 aliphatic carbocycles. The Labute approximate surface area is 147 Å². The van der Waals surface area contributed by atoms with Crippen LogP contribution in [-0.2, 0) is 4.74 Å². The molecule has 1 aromatic carbocycles. The molecule has 0 radical (unpaired) electrons. The third-order valence-corrected chi connectivity index (χ3v) is 4.00. The van der Waals surface area contributed by atoms with Gasteiger partial charge in [-0.05, 0) is 51.8 Å². The van der Waals surface area contributed by atoms with E-state index in [-0.39, 0.29) is 12.1 Å². The minimum atomic E-state index is -0.516. The van der Waals surface area contributed by atoms with Gasteiger partial charge in [0.25, 0.3) is 0 Å². The quantitative estimate of drug-likeness (QED) is 0.873. The summed E-state index contributed by atoms with van der Waals surface area (Å²) in [6.45, 7) is 6.78. The lowest BCUT2D eigenvalue weighted by molar-refractivity contribution is 0.0206. The highest BCUT2D eigenvalue weighted by Crippen LogP contribution is 2.26. The molecule has 1 aromatic rings. The van der Waals surface area contributed by atoms with Crippen molar-refractivity contribution in [3.63, 3.8) is 0 Å². The summed E-state index contributed by atoms with van der Waals surface area (Å²) < 4.78 is 5.42. The van der Waals surface area contributed by atoms with Crippen molar-refractivity contribution in [2.45, 2.75) is 45.3 Å². The Kier molecular flexibility index (Phi) is 5.59. The molecule has 0 bridgehead atoms. The van der Waals surface area contributed by atoms with E-state index >= 15 is 0 Å². The second-order valence-corrected chi connectivity index (χ2v) is 7.38. The van der Waals surface area contributed by atoms with E-state index in [0.29, 0.717) is 23.7 Å². The first kappa shape index (κ1) is 18.4. The van der Waals surface area contributed by atoms with Gasteiger partial charge in [-0.25, -0.2) is 4.79 Å². The minimum absolute atomic E-state index is 0.0724. The highest BCUT2D eigenvalue weighted by atomic mass is 35.5. The van der Waals surface area contributed by atoms with E-state index < -0.39 is 11.5 Å². The lowest BCUT2D eigenvalue weighted by atomic mass is 10.1. The SMILES string of the molecule is CC(C)(C)OC(=O)N1CCCC(Nc2ccc(C(N)=O)cc2Cl)C1. The van der Waals surface area contributed by atoms with Crippen LogP contribution in [0.5, 0.6) is 0 Å². The van der Waals surface area contributed by atoms with Gasteiger partial charge in [0.05, 0.1) is 10.7 Å². The van der Waals surface area contributed by atoms with Crippen LogP contribution < -0.4 is 11.1 Å². The number of carbonyl (C=O) groups excluding carboxylic acids is 2. The molecular formula is C17H24ClN3O3. The molecule has 0 aromatic heterocycles. The molecule has 6 nitrogen and oxygen atoms in total. The minimum Gasteiger partial charge on any atom is -0.444 e. The Morgan fingerprint density at radius 1 is 1.38 bits per heavy atom. The van der Waals surface area contributed by atoms with E-state index in [4.69, 9.17) is 22.1 Å². The molecule has 3 N–H and O–H groups in total. The summed E-state index contributed by atoms with van der Waals surface area (Å²) in [4.78, 5) is 25.1. The standard InChI is InChI=1S/C17H24ClN3O3/c1-17(2,3)24-16(23)21-8-4-5-12(10-21)20-14-7-6-11(15(19)22)9-13(14)18/h6-7,9,12,20H,4-5,8,10H2,1-3H3,(H2,19,22). The number of ether oxygens (including phenoxy) is 1. The Bertz CT molecular complexity index is 628. The largest absolute Gasteiger partial charge is 0.444 e. The van der Waals surface area contributed by atoms with Gasteiger partial charge >= 0.3 is 6.09 Å². The lowest BCUT2D eigenvalue weighted by Gasteiger charge is -2.35. The zero-order valence-corrected chi connectivity index (χ0v) is 15.0. The van der Waals surface area contributed by atoms with Crippen LogP contribution >= 0.6 is 11.6 Å². The zero-order valence-electron chi connectivity index (χ0n) is 14.3. The molecule has 24 heavy (non-hydrogen) atoms. The Balaban J connectivity index is 2.00. The van der Waals surface area contributed by atoms with Gasteiger partial charge in [-0.3, -0.25) is 4.79 Å². The molecule has 7 heteroatoms. The summed E-state index contributed by atoms with van der Waals surface area (Å²) in [5.41, 5.74) is 5.82. The van der Waals surface area contributed by atoms with E-state index in [1.54, 1.807) is 23.1 Å². The number of amides is 2. The molecule has 1 unspecified atom stereocenters. The Hall–Kier alpha value is -1.95. The van der Waals surface area contributed by atoms with Gasteiger partial charge in [0.1, 0.15) is 5.60 Å². The first-order valence-corrected chi connectivity index (χ1v) is 8.37. The third kappa shape index (κ3) is 5.03. The van der Waals surface area contributed by atoms with Gasteiger partial charge in [0.15, 0.2) is 0 Å². The van der Waals surface area contributed by atoms with E-state index in [1.807, 2.05) is 20.8 Å². The first-order chi connectivity index (χ1) is 11.2. The van der Waals surface area contributed by atoms with Gasteiger partial charge < -0.3 is 20.7 Å². The summed E-state index contributed by atoms with van der Waals surface area (Å²) in [5.74, 6) is -0.516. The normalized spacial score (nSPS) is 18.2. The zero-order chi connectivity index (χ0) is 17.9. The van der Waals surface area contributed by atoms with Crippen LogP contribution in [0.25, 0.3) is 0 Å². The first-order valence-electron chi connectivity index (χ1n) is 7.99. The summed E-state index contributed by atoms with van der Waals surface area (Å²) in [7, 11) is 0. The number of nitrogens with zero attached hydrogens (tertiary/aromatic N) is 1. The van der Waals surface area contributed by atoms with Gasteiger partial charge in [0, 0.05) is 24.7 Å². The van der Waals surface area contributed by atoms with Crippen LogP contribution in [0.4, 0.5) is 10.5 Å². The number of hydrogen-bond acceptors (Lipinski definition) is 4. The third-order valence-electron chi connectivity index (χ3n) is 3.69. The predicted octanol–water partition coefficient (Wildman–Crippen LogP) is 3.25. The fourth-order valence-electron chi connectivity index (χ4n) is 2.59. The average Bonchev–Trinajstić information content (AvgIpc) is 2.47. The van der Waals surface area contributed by atoms with Crippen LogP contribution in [0, 0.1) is 0 Å². The average molecular weight is 354 g/mol. The molecule has 0 saturated carbocycles. The van der Waals surface area contributed by atoms with E-state index in [9.17, 15) is 9.59 Å². The predicted molar refractivity (Wildman–Crippen MR) is 94.4 cm³/mol. The summed E-state index contributed by atoms with van der Waals surface area (Å²) in [5, 5.41) is 3.76. The molecule has 132 valence electrons. The Morgan fingerprint density at radius 3 is 2.67 bits per heavy atom. The second kappa shape index (κ2) is 7.30. The number of halogens is 1. The van der Waals surface area contributed by atoms with Crippen molar-refractivity contribution in [2.24, 2.45) is 5.73 Å². The smallest absolute Gasteiger partial charge is 0.410 e. The monoisotopic (exact) mass is 353 g/mol. The van der Waals surface area contributed by atoms with Crippen molar-refractivity contribution in [3.05, 3.63) is 28.8 Å². The Morgan fingerprint density at radius 2 is 2.08 bits per heavy atom. The second-order valence-electron chi connectivity index (χ2n) is 6.97. The van der Waals surface area contributed by atoms with Crippen molar-refractivity contribution in [1.82, 2.24) is 4.90 Å². The molecular weight excluding hydrogens is 330 g/mol. The molecule has 1 saturated heterocycles. The number of piperidine rings is 1. The maximum absolute atomic E-state index is 12.2. The van der Waals surface area contributed by atoms with Gasteiger partial charge in [-0.15, -0.1) is 0 Å². The van der Waals surface area contributed by atoms with Gasteiger partial charge in [-0.1, -0.05) is 11.6 Å². The van der Waals surface area contributed by atoms with Crippen molar-refractivity contribution < 1.29 is 14.3 Å². The number of hydrogen-bond donors (Lipinski definition) is 2. The fraction of sp³-hybridized carbons (Fsp3) is 0.529. The molecule has 1 heterocycles. The fourth-order valence-corrected chi connectivity index (χ4v) is 2.83. The molecule has 1 fully saturated rings. The molecule has 2 rings (SSSR count). The van der Waals surface area contributed by atoms with Crippen LogP contribution in [0.15, 0.2) is 18.2 Å². The molecule has 1 atom stereocenters. The number of primary amides is 1. The van der Waals surface area contributed by atoms with Crippen LogP contribution in [0.3, 0.4) is 0 Å². The maximum atomic E-state index is 12.2. The summed E-state index contributed by atoms with van der Waals surface area (Å²) in [6.07, 6.45) is 1.50. The van der Waals surface area contributed by atoms with Crippen molar-refractivity contribution in [1.29, 1.82) is 0 Å². The van der Waals surface area contributed by atoms with Crippen molar-refractivity contribution >= 4 is 29.3 Å². The highest BCUT2D eigenvalue weighted by molar-refractivity contribution is 6.33. The van der Waals surface area contributed by atoms with E-state index in [1.165, 1.54) is 0 Å². The van der Waals surface area contributed by atoms with Crippen molar-refractivity contribution in [2.75, 3.05) is 18.4 Å². The molecule has 0 spiro atoms. The van der Waals surface area contributed by atoms with Crippen LogP contribution in [-0.4, -0.2) is 41.6 Å². The summed E-state index contributed by atoms with van der Waals surface area (Å²) >= 11 is 6.20. The number of nitrogens with one attached hydrogen (secondary N) is 1.